The number of aliphatic hydroxyl groups is 1. The molecule has 2 aromatic carbocycles. The second kappa shape index (κ2) is 9.79. The van der Waals surface area contributed by atoms with Crippen molar-refractivity contribution in [2.24, 2.45) is 0 Å². The van der Waals surface area contributed by atoms with E-state index >= 15 is 0 Å². The van der Waals surface area contributed by atoms with Gasteiger partial charge in [0.1, 0.15) is 11.5 Å². The van der Waals surface area contributed by atoms with Crippen LogP contribution in [0.3, 0.4) is 0 Å². The van der Waals surface area contributed by atoms with Crippen LogP contribution in [0.2, 0.25) is 0 Å². The maximum absolute atomic E-state index is 13.0. The van der Waals surface area contributed by atoms with Crippen LogP contribution in [0.4, 0.5) is 0 Å². The van der Waals surface area contributed by atoms with Crippen LogP contribution in [0.1, 0.15) is 36.6 Å². The zero-order valence-electron chi connectivity index (χ0n) is 18.6. The Hall–Kier alpha value is -3.12. The molecular weight excluding hydrogens is 392 g/mol. The Morgan fingerprint density at radius 3 is 2.19 bits per heavy atom. The van der Waals surface area contributed by atoms with Crippen LogP contribution >= 0.6 is 0 Å². The fourth-order valence-corrected chi connectivity index (χ4v) is 3.90. The van der Waals surface area contributed by atoms with Crippen molar-refractivity contribution in [3.8, 4) is 5.75 Å². The molecule has 164 valence electrons. The summed E-state index contributed by atoms with van der Waals surface area (Å²) in [5.41, 5.74) is 2.44. The molecule has 3 rings (SSSR count). The molecule has 1 aliphatic rings. The van der Waals surface area contributed by atoms with Gasteiger partial charge in [0, 0.05) is 18.7 Å². The molecule has 1 fully saturated rings. The van der Waals surface area contributed by atoms with Gasteiger partial charge in [-0.25, -0.2) is 0 Å². The molecule has 1 N–H and O–H groups in total. The maximum Gasteiger partial charge on any atom is 0.295 e. The summed E-state index contributed by atoms with van der Waals surface area (Å²) < 4.78 is 5.25. The fourth-order valence-electron chi connectivity index (χ4n) is 3.90. The van der Waals surface area contributed by atoms with E-state index in [1.165, 1.54) is 0 Å². The molecule has 0 radical (unpaired) electrons. The van der Waals surface area contributed by atoms with Gasteiger partial charge in [-0.15, -0.1) is 0 Å². The molecule has 31 heavy (non-hydrogen) atoms. The number of Topliss-reactive ketones (excluding diaryl/α,β-unsaturated/α-hetero) is 1. The summed E-state index contributed by atoms with van der Waals surface area (Å²) >= 11 is 0. The quantitative estimate of drug-likeness (QED) is 0.398. The van der Waals surface area contributed by atoms with Gasteiger partial charge in [0.2, 0.25) is 0 Å². The predicted molar refractivity (Wildman–Crippen MR) is 121 cm³/mol. The topological polar surface area (TPSA) is 70.1 Å². The van der Waals surface area contributed by atoms with Gasteiger partial charge < -0.3 is 19.6 Å². The molecule has 0 bridgehead atoms. The fraction of sp³-hybridized carbons (Fsp3) is 0.360. The van der Waals surface area contributed by atoms with E-state index in [-0.39, 0.29) is 11.3 Å². The Morgan fingerprint density at radius 1 is 1.03 bits per heavy atom. The first-order chi connectivity index (χ1) is 14.9. The van der Waals surface area contributed by atoms with Crippen LogP contribution in [0.25, 0.3) is 5.76 Å². The third kappa shape index (κ3) is 4.64. The second-order valence-corrected chi connectivity index (χ2v) is 7.66. The molecule has 1 heterocycles. The first kappa shape index (κ1) is 22.6. The molecule has 0 unspecified atom stereocenters. The Labute approximate surface area is 183 Å². The van der Waals surface area contributed by atoms with E-state index in [9.17, 15) is 14.7 Å². The number of benzene rings is 2. The Kier molecular flexibility index (Phi) is 7.13. The minimum absolute atomic E-state index is 0.124. The zero-order valence-corrected chi connectivity index (χ0v) is 18.6. The molecule has 0 saturated carbocycles. The third-order valence-corrected chi connectivity index (χ3v) is 5.85. The largest absolute Gasteiger partial charge is 0.507 e. The van der Waals surface area contributed by atoms with Gasteiger partial charge in [0.25, 0.3) is 11.7 Å². The van der Waals surface area contributed by atoms with Crippen LogP contribution in [0.15, 0.2) is 54.1 Å². The number of carbonyl (C=O) groups excluding carboxylic acids is 2. The van der Waals surface area contributed by atoms with E-state index in [0.717, 1.165) is 24.2 Å². The van der Waals surface area contributed by atoms with Crippen LogP contribution in [0, 0.1) is 6.92 Å². The van der Waals surface area contributed by atoms with Crippen molar-refractivity contribution < 1.29 is 19.4 Å². The number of methoxy groups -OCH3 is 1. The highest BCUT2D eigenvalue weighted by atomic mass is 16.5. The molecule has 0 aromatic heterocycles. The van der Waals surface area contributed by atoms with E-state index in [4.69, 9.17) is 4.74 Å². The molecule has 6 heteroatoms. The first-order valence-electron chi connectivity index (χ1n) is 10.6. The molecule has 1 saturated heterocycles. The molecule has 1 aliphatic heterocycles. The van der Waals surface area contributed by atoms with E-state index in [1.807, 2.05) is 31.2 Å². The smallest absolute Gasteiger partial charge is 0.295 e. The SMILES string of the molecule is CCN(CC)CCN1C(=O)C(=O)/C(=C(/O)c2ccc(C)cc2)[C@H]1c1ccc(OC)cc1. The van der Waals surface area contributed by atoms with Crippen LogP contribution < -0.4 is 4.74 Å². The maximum atomic E-state index is 13.0. The lowest BCUT2D eigenvalue weighted by molar-refractivity contribution is -0.140. The summed E-state index contributed by atoms with van der Waals surface area (Å²) in [6.07, 6.45) is 0. The second-order valence-electron chi connectivity index (χ2n) is 7.66. The Bertz CT molecular complexity index is 960. The van der Waals surface area contributed by atoms with Crippen LogP contribution in [0.5, 0.6) is 5.75 Å². The molecule has 1 atom stereocenters. The summed E-state index contributed by atoms with van der Waals surface area (Å²) in [6.45, 7) is 8.85. The molecule has 0 spiro atoms. The van der Waals surface area contributed by atoms with Crippen molar-refractivity contribution >= 4 is 17.4 Å². The third-order valence-electron chi connectivity index (χ3n) is 5.85. The van der Waals surface area contributed by atoms with Crippen molar-refractivity contribution in [1.29, 1.82) is 0 Å². The number of hydrogen-bond donors (Lipinski definition) is 1. The number of likely N-dealkylation sites (N-methyl/N-ethyl adjacent to an activating group) is 1. The molecule has 0 aliphatic carbocycles. The molecule has 2 aromatic rings. The summed E-state index contributed by atoms with van der Waals surface area (Å²) in [5.74, 6) is -0.702. The first-order valence-corrected chi connectivity index (χ1v) is 10.6. The average Bonchev–Trinajstić information content (AvgIpc) is 3.04. The summed E-state index contributed by atoms with van der Waals surface area (Å²) in [6, 6.07) is 13.9. The van der Waals surface area contributed by atoms with Crippen molar-refractivity contribution in [2.75, 3.05) is 33.3 Å². The van der Waals surface area contributed by atoms with E-state index in [0.29, 0.717) is 24.4 Å². The van der Waals surface area contributed by atoms with Gasteiger partial charge in [-0.2, -0.15) is 0 Å². The Morgan fingerprint density at radius 2 is 1.65 bits per heavy atom. The highest BCUT2D eigenvalue weighted by Crippen LogP contribution is 2.39. The number of ether oxygens (including phenoxy) is 1. The highest BCUT2D eigenvalue weighted by molar-refractivity contribution is 6.46. The number of rotatable bonds is 8. The number of ketones is 1. The summed E-state index contributed by atoms with van der Waals surface area (Å²) in [5, 5.41) is 11.1. The molecule has 1 amide bonds. The van der Waals surface area contributed by atoms with Crippen molar-refractivity contribution in [3.63, 3.8) is 0 Å². The van der Waals surface area contributed by atoms with E-state index < -0.39 is 17.7 Å². The van der Waals surface area contributed by atoms with Crippen molar-refractivity contribution in [2.45, 2.75) is 26.8 Å². The minimum atomic E-state index is -0.654. The molecular formula is C25H30N2O4. The van der Waals surface area contributed by atoms with Gasteiger partial charge in [-0.1, -0.05) is 55.8 Å². The van der Waals surface area contributed by atoms with Gasteiger partial charge in [0.15, 0.2) is 0 Å². The van der Waals surface area contributed by atoms with Gasteiger partial charge >= 0.3 is 0 Å². The summed E-state index contributed by atoms with van der Waals surface area (Å²) in [7, 11) is 1.59. The lowest BCUT2D eigenvalue weighted by Gasteiger charge is -2.28. The number of aliphatic hydroxyl groups excluding tert-OH is 1. The lowest BCUT2D eigenvalue weighted by Crippen LogP contribution is -2.38. The average molecular weight is 423 g/mol. The number of aryl methyl sites for hydroxylation is 1. The van der Waals surface area contributed by atoms with Gasteiger partial charge in [0.05, 0.1) is 18.7 Å². The zero-order chi connectivity index (χ0) is 22.5. The van der Waals surface area contributed by atoms with E-state index in [1.54, 1.807) is 36.3 Å². The highest BCUT2D eigenvalue weighted by Gasteiger charge is 2.45. The monoisotopic (exact) mass is 422 g/mol. The minimum Gasteiger partial charge on any atom is -0.507 e. The lowest BCUT2D eigenvalue weighted by atomic mass is 9.95. The predicted octanol–water partition coefficient (Wildman–Crippen LogP) is 3.77. The molecule has 6 nitrogen and oxygen atoms in total. The van der Waals surface area contributed by atoms with Crippen molar-refractivity contribution in [1.82, 2.24) is 9.80 Å². The Balaban J connectivity index is 2.08. The summed E-state index contributed by atoms with van der Waals surface area (Å²) in [4.78, 5) is 29.8. The standard InChI is InChI=1S/C25H30N2O4/c1-5-26(6-2)15-16-27-22(18-11-13-20(31-4)14-12-18)21(24(29)25(27)30)23(28)19-9-7-17(3)8-10-19/h7-14,22,28H,5-6,15-16H2,1-4H3/b23-21+/t22-/m1/s1. The van der Waals surface area contributed by atoms with Gasteiger partial charge in [-0.05, 0) is 37.7 Å². The van der Waals surface area contributed by atoms with Crippen LogP contribution in [-0.2, 0) is 9.59 Å². The van der Waals surface area contributed by atoms with Crippen molar-refractivity contribution in [3.05, 3.63) is 70.8 Å². The van der Waals surface area contributed by atoms with Crippen LogP contribution in [-0.4, -0.2) is 59.9 Å². The van der Waals surface area contributed by atoms with Gasteiger partial charge in [-0.3, -0.25) is 9.59 Å². The van der Waals surface area contributed by atoms with E-state index in [2.05, 4.69) is 18.7 Å². The number of hydrogen-bond acceptors (Lipinski definition) is 5. The number of nitrogens with zero attached hydrogens (tertiary/aromatic N) is 2. The normalized spacial score (nSPS) is 18.1. The number of carbonyl (C=O) groups is 2. The number of likely N-dealkylation sites (tertiary alicyclic amines) is 1. The number of amides is 1.